The van der Waals surface area contributed by atoms with Crippen LogP contribution in [0.5, 0.6) is 23.0 Å². The Morgan fingerprint density at radius 2 is 1.89 bits per heavy atom. The SMILES string of the molecule is COc1cc(CNC(=O)c2ccc3c(c2)Cc2cccc(c2)CNCCOCCO3)cc2c1OCO2. The lowest BCUT2D eigenvalue weighted by molar-refractivity contribution is 0.0949. The summed E-state index contributed by atoms with van der Waals surface area (Å²) in [6.45, 7) is 3.64. The summed E-state index contributed by atoms with van der Waals surface area (Å²) in [5.74, 6) is 2.37. The first-order chi connectivity index (χ1) is 17.7. The van der Waals surface area contributed by atoms with E-state index in [1.54, 1.807) is 13.2 Å². The van der Waals surface area contributed by atoms with Crippen LogP contribution in [0.1, 0.15) is 32.6 Å². The minimum Gasteiger partial charge on any atom is -0.493 e. The molecule has 0 spiro atoms. The lowest BCUT2D eigenvalue weighted by Crippen LogP contribution is -2.23. The van der Waals surface area contributed by atoms with Crippen molar-refractivity contribution in [1.82, 2.24) is 10.6 Å². The number of nitrogens with one attached hydrogen (secondary N) is 2. The molecule has 2 heterocycles. The van der Waals surface area contributed by atoms with Crippen LogP contribution < -0.4 is 29.6 Å². The molecule has 0 aromatic heterocycles. The molecule has 3 aromatic carbocycles. The topological polar surface area (TPSA) is 87.3 Å². The summed E-state index contributed by atoms with van der Waals surface area (Å²) < 4.78 is 28.0. The Bertz CT molecular complexity index is 1230. The van der Waals surface area contributed by atoms with Crippen LogP contribution in [-0.2, 0) is 24.2 Å². The summed E-state index contributed by atoms with van der Waals surface area (Å²) in [5, 5.41) is 6.39. The second-order valence-electron chi connectivity index (χ2n) is 8.67. The largest absolute Gasteiger partial charge is 0.493 e. The molecule has 1 amide bonds. The first-order valence-corrected chi connectivity index (χ1v) is 12.1. The van der Waals surface area contributed by atoms with Gasteiger partial charge < -0.3 is 34.3 Å². The number of amides is 1. The molecule has 0 unspecified atom stereocenters. The number of ether oxygens (including phenoxy) is 5. The fraction of sp³-hybridized carbons (Fsp3) is 0.321. The molecule has 8 heteroatoms. The van der Waals surface area contributed by atoms with E-state index in [4.69, 9.17) is 23.7 Å². The normalized spacial score (nSPS) is 15.2. The predicted molar refractivity (Wildman–Crippen MR) is 134 cm³/mol. The van der Waals surface area contributed by atoms with Crippen molar-refractivity contribution in [3.63, 3.8) is 0 Å². The van der Waals surface area contributed by atoms with Crippen LogP contribution >= 0.6 is 0 Å². The van der Waals surface area contributed by atoms with Crippen molar-refractivity contribution in [2.75, 3.05) is 40.3 Å². The summed E-state index contributed by atoms with van der Waals surface area (Å²) in [6.07, 6.45) is 0.657. The standard InChI is InChI=1S/C28H30N2O6/c1-32-25-13-21(14-26-27(25)36-18-35-26)17-30-28(31)22-5-6-24-23(15-22)12-19-3-2-4-20(11-19)16-29-7-8-33-9-10-34-24/h2-6,11,13-15,29H,7-10,12,16-18H2,1H3,(H,30,31). The van der Waals surface area contributed by atoms with Gasteiger partial charge in [0.15, 0.2) is 11.5 Å². The summed E-state index contributed by atoms with van der Waals surface area (Å²) in [7, 11) is 1.58. The Labute approximate surface area is 210 Å². The Balaban J connectivity index is 1.34. The summed E-state index contributed by atoms with van der Waals surface area (Å²) in [6, 6.07) is 17.7. The molecule has 8 nitrogen and oxygen atoms in total. The molecule has 5 rings (SSSR count). The number of benzene rings is 3. The van der Waals surface area contributed by atoms with Crippen molar-refractivity contribution in [3.05, 3.63) is 82.4 Å². The average molecular weight is 491 g/mol. The molecule has 0 saturated carbocycles. The molecule has 0 saturated heterocycles. The molecule has 0 radical (unpaired) electrons. The van der Waals surface area contributed by atoms with E-state index in [1.807, 2.05) is 24.3 Å². The van der Waals surface area contributed by atoms with E-state index in [0.717, 1.165) is 35.5 Å². The number of fused-ring (bicyclic) bond motifs is 4. The molecule has 0 aliphatic carbocycles. The molecule has 2 aliphatic rings. The van der Waals surface area contributed by atoms with Crippen molar-refractivity contribution in [1.29, 1.82) is 0 Å². The molecule has 3 aromatic rings. The minimum absolute atomic E-state index is 0.157. The number of hydrogen-bond donors (Lipinski definition) is 2. The Hall–Kier alpha value is -3.75. The number of carbonyl (C=O) groups excluding carboxylic acids is 1. The van der Waals surface area contributed by atoms with Crippen molar-refractivity contribution < 1.29 is 28.5 Å². The second-order valence-corrected chi connectivity index (χ2v) is 8.67. The highest BCUT2D eigenvalue weighted by Gasteiger charge is 2.20. The summed E-state index contributed by atoms with van der Waals surface area (Å²) in [4.78, 5) is 13.1. The Morgan fingerprint density at radius 3 is 2.81 bits per heavy atom. The third kappa shape index (κ3) is 5.72. The van der Waals surface area contributed by atoms with Gasteiger partial charge in [-0.05, 0) is 52.6 Å². The highest BCUT2D eigenvalue weighted by atomic mass is 16.7. The minimum atomic E-state index is -0.171. The lowest BCUT2D eigenvalue weighted by Gasteiger charge is -2.15. The van der Waals surface area contributed by atoms with Gasteiger partial charge in [0.2, 0.25) is 12.5 Å². The number of carbonyl (C=O) groups is 1. The van der Waals surface area contributed by atoms with Gasteiger partial charge in [0.1, 0.15) is 12.4 Å². The molecular formula is C28H30N2O6. The van der Waals surface area contributed by atoms with E-state index < -0.39 is 0 Å². The van der Waals surface area contributed by atoms with E-state index in [1.165, 1.54) is 5.56 Å². The molecule has 2 bridgehead atoms. The van der Waals surface area contributed by atoms with Crippen LogP contribution in [0, 0.1) is 0 Å². The van der Waals surface area contributed by atoms with Gasteiger partial charge in [-0.2, -0.15) is 0 Å². The monoisotopic (exact) mass is 490 g/mol. The first-order valence-electron chi connectivity index (χ1n) is 12.1. The molecular weight excluding hydrogens is 460 g/mol. The van der Waals surface area contributed by atoms with Crippen molar-refractivity contribution >= 4 is 5.91 Å². The van der Waals surface area contributed by atoms with Crippen LogP contribution in [0.2, 0.25) is 0 Å². The van der Waals surface area contributed by atoms with Crippen LogP contribution in [0.3, 0.4) is 0 Å². The van der Waals surface area contributed by atoms with Crippen molar-refractivity contribution in [2.45, 2.75) is 19.5 Å². The Morgan fingerprint density at radius 1 is 0.972 bits per heavy atom. The van der Waals surface area contributed by atoms with Crippen LogP contribution in [-0.4, -0.2) is 46.2 Å². The summed E-state index contributed by atoms with van der Waals surface area (Å²) in [5.41, 5.74) is 4.75. The third-order valence-corrected chi connectivity index (χ3v) is 6.12. The van der Waals surface area contributed by atoms with Gasteiger partial charge in [-0.3, -0.25) is 4.79 Å². The summed E-state index contributed by atoms with van der Waals surface area (Å²) >= 11 is 0. The fourth-order valence-electron chi connectivity index (χ4n) is 4.33. The molecule has 2 N–H and O–H groups in total. The van der Waals surface area contributed by atoms with Crippen LogP contribution in [0.15, 0.2) is 54.6 Å². The predicted octanol–water partition coefficient (Wildman–Crippen LogP) is 3.44. The average Bonchev–Trinajstić information content (AvgIpc) is 3.37. The molecule has 0 atom stereocenters. The molecule has 36 heavy (non-hydrogen) atoms. The lowest BCUT2D eigenvalue weighted by atomic mass is 9.99. The van der Waals surface area contributed by atoms with Crippen LogP contribution in [0.4, 0.5) is 0 Å². The molecule has 188 valence electrons. The fourth-order valence-corrected chi connectivity index (χ4v) is 4.33. The highest BCUT2D eigenvalue weighted by molar-refractivity contribution is 5.94. The van der Waals surface area contributed by atoms with Crippen molar-refractivity contribution in [2.24, 2.45) is 0 Å². The van der Waals surface area contributed by atoms with E-state index in [0.29, 0.717) is 55.6 Å². The Kier molecular flexibility index (Phi) is 7.54. The molecule has 0 fully saturated rings. The van der Waals surface area contributed by atoms with E-state index in [-0.39, 0.29) is 12.7 Å². The van der Waals surface area contributed by atoms with E-state index >= 15 is 0 Å². The second kappa shape index (κ2) is 11.3. The third-order valence-electron chi connectivity index (χ3n) is 6.12. The zero-order valence-corrected chi connectivity index (χ0v) is 20.3. The zero-order chi connectivity index (χ0) is 24.7. The van der Waals surface area contributed by atoms with Crippen LogP contribution in [0.25, 0.3) is 0 Å². The maximum Gasteiger partial charge on any atom is 0.251 e. The van der Waals surface area contributed by atoms with Gasteiger partial charge in [0.25, 0.3) is 5.91 Å². The number of methoxy groups -OCH3 is 1. The maximum atomic E-state index is 13.1. The number of rotatable bonds is 4. The zero-order valence-electron chi connectivity index (χ0n) is 20.3. The van der Waals surface area contributed by atoms with E-state index in [9.17, 15) is 4.79 Å². The maximum absolute atomic E-state index is 13.1. The quantitative estimate of drug-likeness (QED) is 0.579. The van der Waals surface area contributed by atoms with Gasteiger partial charge in [-0.15, -0.1) is 0 Å². The molecule has 2 aliphatic heterocycles. The highest BCUT2D eigenvalue weighted by Crippen LogP contribution is 2.41. The van der Waals surface area contributed by atoms with Gasteiger partial charge in [-0.1, -0.05) is 24.3 Å². The van der Waals surface area contributed by atoms with E-state index in [2.05, 4.69) is 34.9 Å². The smallest absolute Gasteiger partial charge is 0.251 e. The van der Waals surface area contributed by atoms with Gasteiger partial charge in [0, 0.05) is 31.6 Å². The van der Waals surface area contributed by atoms with Crippen molar-refractivity contribution in [3.8, 4) is 23.0 Å². The van der Waals surface area contributed by atoms with Gasteiger partial charge in [0.05, 0.1) is 20.3 Å². The first kappa shape index (κ1) is 24.0. The number of hydrogen-bond acceptors (Lipinski definition) is 7. The van der Waals surface area contributed by atoms with Gasteiger partial charge >= 0.3 is 0 Å². The van der Waals surface area contributed by atoms with Gasteiger partial charge in [-0.25, -0.2) is 0 Å².